The lowest BCUT2D eigenvalue weighted by Crippen LogP contribution is -2.38. The molecule has 1 unspecified atom stereocenters. The molecule has 1 aliphatic carbocycles. The number of hydrogen-bond donors (Lipinski definition) is 1. The number of nitrogens with one attached hydrogen (secondary N) is 1. The first kappa shape index (κ1) is 7.85. The van der Waals surface area contributed by atoms with Crippen LogP contribution < -0.4 is 5.32 Å². The summed E-state index contributed by atoms with van der Waals surface area (Å²) in [5.41, 5.74) is 1.15. The lowest BCUT2D eigenvalue weighted by molar-refractivity contribution is -0.132. The fourth-order valence-electron chi connectivity index (χ4n) is 2.25. The summed E-state index contributed by atoms with van der Waals surface area (Å²) in [5, 5.41) is 3.22. The van der Waals surface area contributed by atoms with Gasteiger partial charge in [0, 0.05) is 13.1 Å². The first-order valence-corrected chi connectivity index (χ1v) is 5.00. The molecule has 3 aliphatic rings. The van der Waals surface area contributed by atoms with Crippen LogP contribution in [-0.4, -0.2) is 23.9 Å². The standard InChI is InChI=1S/C11H12N2O/c14-11-9-4-2-1-3-8(9)7-10-12-5-6-13(10)11/h1-3,7,9,12H,4-6H2. The predicted octanol–water partition coefficient (Wildman–Crippen LogP) is 0.776. The van der Waals surface area contributed by atoms with Crippen LogP contribution in [0.5, 0.6) is 0 Å². The van der Waals surface area contributed by atoms with Gasteiger partial charge in [-0.2, -0.15) is 0 Å². The van der Waals surface area contributed by atoms with E-state index >= 15 is 0 Å². The summed E-state index contributed by atoms with van der Waals surface area (Å²) >= 11 is 0. The largest absolute Gasteiger partial charge is 0.370 e. The van der Waals surface area contributed by atoms with Crippen molar-refractivity contribution < 1.29 is 4.79 Å². The van der Waals surface area contributed by atoms with Crippen LogP contribution in [0, 0.1) is 5.92 Å². The Hall–Kier alpha value is -1.51. The number of allylic oxidation sites excluding steroid dienone is 4. The summed E-state index contributed by atoms with van der Waals surface area (Å²) in [5.74, 6) is 1.31. The maximum absolute atomic E-state index is 12.0. The molecular weight excluding hydrogens is 176 g/mol. The highest BCUT2D eigenvalue weighted by atomic mass is 16.2. The van der Waals surface area contributed by atoms with Crippen molar-refractivity contribution in [2.24, 2.45) is 5.92 Å². The molecule has 1 amide bonds. The zero-order chi connectivity index (χ0) is 9.54. The molecular formula is C11H12N2O. The first-order chi connectivity index (χ1) is 6.86. The van der Waals surface area contributed by atoms with Gasteiger partial charge in [-0.15, -0.1) is 0 Å². The van der Waals surface area contributed by atoms with Crippen LogP contribution in [0.25, 0.3) is 0 Å². The number of carbonyl (C=O) groups is 1. The van der Waals surface area contributed by atoms with Gasteiger partial charge in [0.2, 0.25) is 5.91 Å². The third-order valence-electron chi connectivity index (χ3n) is 3.00. The van der Waals surface area contributed by atoms with Crippen LogP contribution in [-0.2, 0) is 4.79 Å². The second-order valence-electron chi connectivity index (χ2n) is 3.83. The second-order valence-corrected chi connectivity index (χ2v) is 3.83. The van der Waals surface area contributed by atoms with Gasteiger partial charge in [0.1, 0.15) is 5.82 Å². The van der Waals surface area contributed by atoms with Crippen molar-refractivity contribution in [3.63, 3.8) is 0 Å². The molecule has 2 heterocycles. The third-order valence-corrected chi connectivity index (χ3v) is 3.00. The summed E-state index contributed by atoms with van der Waals surface area (Å²) in [6.07, 6.45) is 9.08. The van der Waals surface area contributed by atoms with E-state index in [0.717, 1.165) is 30.9 Å². The van der Waals surface area contributed by atoms with Gasteiger partial charge in [0.15, 0.2) is 0 Å². The van der Waals surface area contributed by atoms with Gasteiger partial charge in [-0.1, -0.05) is 18.2 Å². The average Bonchev–Trinajstić information content (AvgIpc) is 2.66. The van der Waals surface area contributed by atoms with E-state index in [2.05, 4.69) is 17.5 Å². The molecule has 3 rings (SSSR count). The Kier molecular flexibility index (Phi) is 1.54. The van der Waals surface area contributed by atoms with E-state index in [1.54, 1.807) is 0 Å². The molecule has 1 atom stereocenters. The Morgan fingerprint density at radius 1 is 1.50 bits per heavy atom. The number of nitrogens with zero attached hydrogens (tertiary/aromatic N) is 1. The van der Waals surface area contributed by atoms with E-state index in [-0.39, 0.29) is 11.8 Å². The van der Waals surface area contributed by atoms with Crippen molar-refractivity contribution in [2.75, 3.05) is 13.1 Å². The zero-order valence-electron chi connectivity index (χ0n) is 7.86. The van der Waals surface area contributed by atoms with Crippen molar-refractivity contribution in [3.8, 4) is 0 Å². The van der Waals surface area contributed by atoms with Gasteiger partial charge in [-0.3, -0.25) is 9.69 Å². The van der Waals surface area contributed by atoms with Crippen molar-refractivity contribution in [3.05, 3.63) is 35.7 Å². The summed E-state index contributed by atoms with van der Waals surface area (Å²) in [4.78, 5) is 13.9. The minimum Gasteiger partial charge on any atom is -0.370 e. The van der Waals surface area contributed by atoms with Crippen molar-refractivity contribution in [1.82, 2.24) is 10.2 Å². The van der Waals surface area contributed by atoms with Crippen LogP contribution in [0.3, 0.4) is 0 Å². The number of carbonyl (C=O) groups excluding carboxylic acids is 1. The topological polar surface area (TPSA) is 32.3 Å². The zero-order valence-corrected chi connectivity index (χ0v) is 7.86. The first-order valence-electron chi connectivity index (χ1n) is 5.00. The molecule has 1 N–H and O–H groups in total. The minimum atomic E-state index is 0.0728. The maximum Gasteiger partial charge on any atom is 0.236 e. The number of fused-ring (bicyclic) bond motifs is 2. The fraction of sp³-hybridized carbons (Fsp3) is 0.364. The summed E-state index contributed by atoms with van der Waals surface area (Å²) in [7, 11) is 0. The summed E-state index contributed by atoms with van der Waals surface area (Å²) in [6, 6.07) is 0. The van der Waals surface area contributed by atoms with Gasteiger partial charge >= 0.3 is 0 Å². The second kappa shape index (κ2) is 2.74. The third kappa shape index (κ3) is 0.953. The van der Waals surface area contributed by atoms with E-state index < -0.39 is 0 Å². The number of hydrogen-bond acceptors (Lipinski definition) is 2. The van der Waals surface area contributed by atoms with Crippen molar-refractivity contribution in [2.45, 2.75) is 6.42 Å². The highest BCUT2D eigenvalue weighted by molar-refractivity contribution is 5.86. The van der Waals surface area contributed by atoms with E-state index in [1.165, 1.54) is 0 Å². The average molecular weight is 188 g/mol. The van der Waals surface area contributed by atoms with E-state index in [9.17, 15) is 4.79 Å². The Bertz CT molecular complexity index is 379. The van der Waals surface area contributed by atoms with Gasteiger partial charge in [-0.05, 0) is 18.1 Å². The molecule has 0 saturated carbocycles. The van der Waals surface area contributed by atoms with Crippen LogP contribution >= 0.6 is 0 Å². The molecule has 0 aromatic rings. The lowest BCUT2D eigenvalue weighted by Gasteiger charge is -2.30. The van der Waals surface area contributed by atoms with E-state index in [1.807, 2.05) is 17.1 Å². The highest BCUT2D eigenvalue weighted by Gasteiger charge is 2.35. The molecule has 0 aromatic carbocycles. The van der Waals surface area contributed by atoms with Crippen molar-refractivity contribution >= 4 is 5.91 Å². The molecule has 3 nitrogen and oxygen atoms in total. The number of amides is 1. The van der Waals surface area contributed by atoms with Gasteiger partial charge in [-0.25, -0.2) is 0 Å². The SMILES string of the molecule is O=C1C2CC=CC=C2C=C2NCCN12. The molecule has 0 spiro atoms. The van der Waals surface area contributed by atoms with Crippen LogP contribution in [0.15, 0.2) is 35.7 Å². The minimum absolute atomic E-state index is 0.0728. The Balaban J connectivity index is 2.06. The molecule has 3 heteroatoms. The predicted molar refractivity (Wildman–Crippen MR) is 53.1 cm³/mol. The molecule has 0 bridgehead atoms. The van der Waals surface area contributed by atoms with E-state index in [4.69, 9.17) is 0 Å². The summed E-state index contributed by atoms with van der Waals surface area (Å²) in [6.45, 7) is 1.70. The summed E-state index contributed by atoms with van der Waals surface area (Å²) < 4.78 is 0. The number of rotatable bonds is 0. The van der Waals surface area contributed by atoms with Crippen LogP contribution in [0.2, 0.25) is 0 Å². The molecule has 0 aromatic heterocycles. The van der Waals surface area contributed by atoms with Gasteiger partial charge in [0.25, 0.3) is 0 Å². The van der Waals surface area contributed by atoms with Gasteiger partial charge in [0.05, 0.1) is 5.92 Å². The highest BCUT2D eigenvalue weighted by Crippen LogP contribution is 2.31. The maximum atomic E-state index is 12.0. The van der Waals surface area contributed by atoms with Crippen molar-refractivity contribution in [1.29, 1.82) is 0 Å². The normalized spacial score (nSPS) is 29.0. The smallest absolute Gasteiger partial charge is 0.236 e. The van der Waals surface area contributed by atoms with Crippen LogP contribution in [0.4, 0.5) is 0 Å². The molecule has 14 heavy (non-hydrogen) atoms. The molecule has 2 aliphatic heterocycles. The Morgan fingerprint density at radius 3 is 3.36 bits per heavy atom. The fourth-order valence-corrected chi connectivity index (χ4v) is 2.25. The van der Waals surface area contributed by atoms with Crippen LogP contribution in [0.1, 0.15) is 6.42 Å². The quantitative estimate of drug-likeness (QED) is 0.609. The lowest BCUT2D eigenvalue weighted by atomic mass is 9.88. The van der Waals surface area contributed by atoms with Gasteiger partial charge < -0.3 is 5.32 Å². The molecule has 0 radical (unpaired) electrons. The Labute approximate surface area is 82.8 Å². The monoisotopic (exact) mass is 188 g/mol. The molecule has 1 fully saturated rings. The molecule has 72 valence electrons. The van der Waals surface area contributed by atoms with E-state index in [0.29, 0.717) is 0 Å². The molecule has 1 saturated heterocycles. The Morgan fingerprint density at radius 2 is 2.43 bits per heavy atom.